The van der Waals surface area contributed by atoms with E-state index in [0.717, 1.165) is 0 Å². The number of nitrogens with one attached hydrogen (secondary N) is 4. The Labute approximate surface area is 198 Å². The fourth-order valence-electron chi connectivity index (χ4n) is 2.71. The molecule has 0 bridgehead atoms. The molecule has 0 radical (unpaired) electrons. The van der Waals surface area contributed by atoms with Gasteiger partial charge in [0.15, 0.2) is 0 Å². The highest BCUT2D eigenvalue weighted by Crippen LogP contribution is 2.05. The van der Waals surface area contributed by atoms with Crippen LogP contribution in [0.4, 0.5) is 0 Å². The Morgan fingerprint density at radius 3 is 1.21 bits per heavy atom. The average Bonchev–Trinajstić information content (AvgIpc) is 2.77. The Bertz CT molecular complexity index is 683. The SMILES string of the molecule is CC(CC(=O)NCCNC(=O)C(C)C(=O)NCCNC(=O)CC(C)C(=O)N(C)O)C(=O)N(C)O. The standard InChI is InChI=1S/C20H36N6O8/c1-12(19(31)25(4)33)10-15(27)21-6-8-23-17(29)14(3)18(30)24-9-7-22-16(28)11-13(2)20(32)26(5)34/h12-14,33-34H,6-11H2,1-5H3,(H,21,27)(H,22,28)(H,23,29)(H,24,30). The minimum Gasteiger partial charge on any atom is -0.354 e. The van der Waals surface area contributed by atoms with Crippen molar-refractivity contribution in [1.82, 2.24) is 31.4 Å². The van der Waals surface area contributed by atoms with Gasteiger partial charge >= 0.3 is 0 Å². The van der Waals surface area contributed by atoms with Crippen LogP contribution < -0.4 is 21.3 Å². The van der Waals surface area contributed by atoms with Crippen molar-refractivity contribution in [2.75, 3.05) is 40.3 Å². The molecule has 6 amide bonds. The Hall–Kier alpha value is -3.26. The van der Waals surface area contributed by atoms with Crippen LogP contribution in [0.25, 0.3) is 0 Å². The van der Waals surface area contributed by atoms with Crippen LogP contribution in [-0.4, -0.2) is 96.3 Å². The lowest BCUT2D eigenvalue weighted by atomic mass is 10.1. The van der Waals surface area contributed by atoms with E-state index in [1.165, 1.54) is 34.9 Å². The van der Waals surface area contributed by atoms with Gasteiger partial charge in [0.1, 0.15) is 5.92 Å². The van der Waals surface area contributed by atoms with E-state index in [0.29, 0.717) is 10.1 Å². The van der Waals surface area contributed by atoms with Crippen molar-refractivity contribution in [3.05, 3.63) is 0 Å². The number of nitrogens with zero attached hydrogens (tertiary/aromatic N) is 2. The second-order valence-electron chi connectivity index (χ2n) is 7.94. The molecule has 6 N–H and O–H groups in total. The van der Waals surface area contributed by atoms with Gasteiger partial charge in [-0.1, -0.05) is 13.8 Å². The molecule has 0 fully saturated rings. The predicted octanol–water partition coefficient (Wildman–Crippen LogP) is -2.17. The molecule has 194 valence electrons. The smallest absolute Gasteiger partial charge is 0.248 e. The minimum atomic E-state index is -1.01. The molecule has 0 aliphatic heterocycles. The van der Waals surface area contributed by atoms with Gasteiger partial charge in [0.05, 0.1) is 0 Å². The first kappa shape index (κ1) is 30.7. The molecule has 0 aliphatic carbocycles. The normalized spacial score (nSPS) is 13.0. The van der Waals surface area contributed by atoms with Crippen LogP contribution in [0.15, 0.2) is 0 Å². The number of hydrogen-bond donors (Lipinski definition) is 6. The lowest BCUT2D eigenvalue weighted by Gasteiger charge is -2.16. The fraction of sp³-hybridized carbons (Fsp3) is 0.700. The summed E-state index contributed by atoms with van der Waals surface area (Å²) in [7, 11) is 2.34. The van der Waals surface area contributed by atoms with Gasteiger partial charge in [-0.15, -0.1) is 0 Å². The number of rotatable bonds is 14. The van der Waals surface area contributed by atoms with E-state index in [4.69, 9.17) is 10.4 Å². The summed E-state index contributed by atoms with van der Waals surface area (Å²) in [5.41, 5.74) is 0. The lowest BCUT2D eigenvalue weighted by molar-refractivity contribution is -0.164. The lowest BCUT2D eigenvalue weighted by Crippen LogP contribution is -2.44. The number of carbonyl (C=O) groups is 6. The van der Waals surface area contributed by atoms with Crippen molar-refractivity contribution in [2.24, 2.45) is 17.8 Å². The Morgan fingerprint density at radius 2 is 0.912 bits per heavy atom. The summed E-state index contributed by atoms with van der Waals surface area (Å²) in [4.78, 5) is 70.7. The second-order valence-corrected chi connectivity index (χ2v) is 7.94. The first-order valence-corrected chi connectivity index (χ1v) is 10.8. The largest absolute Gasteiger partial charge is 0.354 e. The third-order valence-electron chi connectivity index (χ3n) is 4.74. The van der Waals surface area contributed by atoms with Crippen LogP contribution in [0.1, 0.15) is 33.6 Å². The molecular formula is C20H36N6O8. The van der Waals surface area contributed by atoms with E-state index < -0.39 is 53.2 Å². The summed E-state index contributed by atoms with van der Waals surface area (Å²) in [6.45, 7) is 4.72. The zero-order valence-electron chi connectivity index (χ0n) is 20.2. The Kier molecular flexibility index (Phi) is 14.1. The number of hydrogen-bond acceptors (Lipinski definition) is 8. The number of carbonyl (C=O) groups excluding carboxylic acids is 6. The summed E-state index contributed by atoms with van der Waals surface area (Å²) in [6.07, 6.45) is -0.249. The molecule has 0 rings (SSSR count). The maximum Gasteiger partial charge on any atom is 0.248 e. The third kappa shape index (κ3) is 12.1. The maximum atomic E-state index is 12.1. The van der Waals surface area contributed by atoms with E-state index in [-0.39, 0.29) is 39.0 Å². The van der Waals surface area contributed by atoms with Crippen molar-refractivity contribution in [3.63, 3.8) is 0 Å². The van der Waals surface area contributed by atoms with Gasteiger partial charge < -0.3 is 21.3 Å². The number of amides is 6. The second kappa shape index (κ2) is 15.6. The molecule has 0 aromatic rings. The van der Waals surface area contributed by atoms with E-state index in [1.807, 2.05) is 0 Å². The number of hydroxylamine groups is 4. The minimum absolute atomic E-state index is 0.0699. The first-order chi connectivity index (χ1) is 15.8. The topological polar surface area (TPSA) is 197 Å². The highest BCUT2D eigenvalue weighted by Gasteiger charge is 2.22. The quantitative estimate of drug-likeness (QED) is 0.0687. The van der Waals surface area contributed by atoms with Crippen LogP contribution in [0.2, 0.25) is 0 Å². The monoisotopic (exact) mass is 488 g/mol. The van der Waals surface area contributed by atoms with Crippen molar-refractivity contribution >= 4 is 35.4 Å². The first-order valence-electron chi connectivity index (χ1n) is 10.8. The molecule has 0 heterocycles. The van der Waals surface area contributed by atoms with Crippen LogP contribution in [0.5, 0.6) is 0 Å². The average molecular weight is 489 g/mol. The van der Waals surface area contributed by atoms with Crippen molar-refractivity contribution in [3.8, 4) is 0 Å². The highest BCUT2D eigenvalue weighted by atomic mass is 16.5. The molecule has 14 heteroatoms. The van der Waals surface area contributed by atoms with E-state index in [9.17, 15) is 28.8 Å². The van der Waals surface area contributed by atoms with Crippen molar-refractivity contribution in [1.29, 1.82) is 0 Å². The third-order valence-corrected chi connectivity index (χ3v) is 4.74. The fourth-order valence-corrected chi connectivity index (χ4v) is 2.71. The van der Waals surface area contributed by atoms with Crippen molar-refractivity contribution < 1.29 is 39.2 Å². The van der Waals surface area contributed by atoms with Gasteiger partial charge in [-0.05, 0) is 6.92 Å². The summed E-state index contributed by atoms with van der Waals surface area (Å²) in [5, 5.41) is 29.0. The molecule has 0 aliphatic rings. The Balaban J connectivity index is 4.10. The van der Waals surface area contributed by atoms with E-state index in [2.05, 4.69) is 21.3 Å². The highest BCUT2D eigenvalue weighted by molar-refractivity contribution is 5.99. The zero-order valence-corrected chi connectivity index (χ0v) is 20.2. The molecule has 2 atom stereocenters. The van der Waals surface area contributed by atoms with Gasteiger partial charge in [0.2, 0.25) is 35.4 Å². The van der Waals surface area contributed by atoms with Crippen LogP contribution in [0, 0.1) is 17.8 Å². The molecule has 0 saturated heterocycles. The van der Waals surface area contributed by atoms with Gasteiger partial charge in [-0.25, -0.2) is 10.1 Å². The van der Waals surface area contributed by atoms with Gasteiger partial charge in [0, 0.05) is 65.0 Å². The van der Waals surface area contributed by atoms with Crippen LogP contribution >= 0.6 is 0 Å². The maximum absolute atomic E-state index is 12.1. The van der Waals surface area contributed by atoms with Crippen LogP contribution in [-0.2, 0) is 28.8 Å². The summed E-state index contributed by atoms with van der Waals surface area (Å²) in [5.74, 6) is -5.56. The molecule has 0 spiro atoms. The van der Waals surface area contributed by atoms with Crippen LogP contribution in [0.3, 0.4) is 0 Å². The predicted molar refractivity (Wildman–Crippen MR) is 118 cm³/mol. The molecule has 0 aromatic heterocycles. The molecule has 0 saturated carbocycles. The van der Waals surface area contributed by atoms with Gasteiger partial charge in [0.25, 0.3) is 0 Å². The molecule has 2 unspecified atom stereocenters. The molecule has 34 heavy (non-hydrogen) atoms. The summed E-state index contributed by atoms with van der Waals surface area (Å²) < 4.78 is 0. The molecule has 0 aromatic carbocycles. The zero-order chi connectivity index (χ0) is 26.4. The Morgan fingerprint density at radius 1 is 0.618 bits per heavy atom. The van der Waals surface area contributed by atoms with Gasteiger partial charge in [-0.2, -0.15) is 0 Å². The van der Waals surface area contributed by atoms with Crippen molar-refractivity contribution in [2.45, 2.75) is 33.6 Å². The van der Waals surface area contributed by atoms with E-state index in [1.54, 1.807) is 0 Å². The van der Waals surface area contributed by atoms with Gasteiger partial charge in [-0.3, -0.25) is 39.2 Å². The summed E-state index contributed by atoms with van der Waals surface area (Å²) in [6, 6.07) is 0. The summed E-state index contributed by atoms with van der Waals surface area (Å²) >= 11 is 0. The molecular weight excluding hydrogens is 452 g/mol. The van der Waals surface area contributed by atoms with E-state index >= 15 is 0 Å². The molecule has 14 nitrogen and oxygen atoms in total.